The first kappa shape index (κ1) is 24.5. The second-order valence-corrected chi connectivity index (χ2v) is 10.7. The minimum Gasteiger partial charge on any atom is -0.316 e. The van der Waals surface area contributed by atoms with Crippen molar-refractivity contribution in [2.24, 2.45) is 0 Å². The third-order valence-electron chi connectivity index (χ3n) is 6.11. The third-order valence-corrected chi connectivity index (χ3v) is 8.28. The largest absolute Gasteiger partial charge is 0.316 e. The smallest absolute Gasteiger partial charge is 0.235 e. The van der Waals surface area contributed by atoms with E-state index in [9.17, 15) is 10.1 Å². The van der Waals surface area contributed by atoms with E-state index in [0.29, 0.717) is 17.1 Å². The van der Waals surface area contributed by atoms with Gasteiger partial charge in [-0.25, -0.2) is 0 Å². The second-order valence-electron chi connectivity index (χ2n) is 8.66. The number of hydrogen-bond acceptors (Lipinski definition) is 7. The zero-order valence-electron chi connectivity index (χ0n) is 19.9. The number of thiophene rings is 1. The van der Waals surface area contributed by atoms with Gasteiger partial charge in [0.1, 0.15) is 11.1 Å². The maximum Gasteiger partial charge on any atom is 0.235 e. The van der Waals surface area contributed by atoms with E-state index in [1.165, 1.54) is 16.6 Å². The SMILES string of the molecule is CC[C@H](c1nnc(SCC(=O)Nc2sc3c(c2C#N)CCCC3)n1Cc1ccccc1)N(C)C. The van der Waals surface area contributed by atoms with Gasteiger partial charge in [-0.3, -0.25) is 9.69 Å². The van der Waals surface area contributed by atoms with Crippen molar-refractivity contribution in [3.63, 3.8) is 0 Å². The van der Waals surface area contributed by atoms with E-state index in [4.69, 9.17) is 0 Å². The molecule has 34 heavy (non-hydrogen) atoms. The van der Waals surface area contributed by atoms with Gasteiger partial charge < -0.3 is 9.88 Å². The zero-order chi connectivity index (χ0) is 24.1. The predicted octanol–water partition coefficient (Wildman–Crippen LogP) is 4.88. The zero-order valence-corrected chi connectivity index (χ0v) is 21.5. The van der Waals surface area contributed by atoms with Crippen molar-refractivity contribution < 1.29 is 4.79 Å². The Hall–Kier alpha value is -2.67. The molecule has 178 valence electrons. The van der Waals surface area contributed by atoms with E-state index in [1.807, 2.05) is 32.3 Å². The molecule has 1 aliphatic rings. The Morgan fingerprint density at radius 1 is 1.26 bits per heavy atom. The number of benzene rings is 1. The summed E-state index contributed by atoms with van der Waals surface area (Å²) in [5, 5.41) is 23.0. The number of nitrogens with one attached hydrogen (secondary N) is 1. The molecular weight excluding hydrogens is 464 g/mol. The molecule has 9 heteroatoms. The summed E-state index contributed by atoms with van der Waals surface area (Å²) < 4.78 is 2.12. The van der Waals surface area contributed by atoms with Crippen molar-refractivity contribution in [3.8, 4) is 6.07 Å². The highest BCUT2D eigenvalue weighted by atomic mass is 32.2. The van der Waals surface area contributed by atoms with Crippen LogP contribution < -0.4 is 5.32 Å². The number of amides is 1. The number of fused-ring (bicyclic) bond motifs is 1. The molecule has 1 aromatic carbocycles. The van der Waals surface area contributed by atoms with Crippen LogP contribution in [0.25, 0.3) is 0 Å². The summed E-state index contributed by atoms with van der Waals surface area (Å²) in [5.41, 5.74) is 2.93. The highest BCUT2D eigenvalue weighted by Crippen LogP contribution is 2.37. The molecule has 0 fully saturated rings. The van der Waals surface area contributed by atoms with Gasteiger partial charge in [-0.05, 0) is 57.3 Å². The molecule has 1 aliphatic carbocycles. The Balaban J connectivity index is 1.51. The fourth-order valence-electron chi connectivity index (χ4n) is 4.41. The molecule has 0 unspecified atom stereocenters. The average molecular weight is 495 g/mol. The fraction of sp³-hybridized carbons (Fsp3) is 0.440. The van der Waals surface area contributed by atoms with E-state index in [1.54, 1.807) is 11.3 Å². The van der Waals surface area contributed by atoms with Gasteiger partial charge >= 0.3 is 0 Å². The van der Waals surface area contributed by atoms with Crippen LogP contribution in [0.15, 0.2) is 35.5 Å². The standard InChI is InChI=1S/C25H30N6OS2/c1-4-20(30(2)3)23-28-29-25(31(23)15-17-10-6-5-7-11-17)33-16-22(32)27-24-19(14-26)18-12-8-9-13-21(18)34-24/h5-7,10-11,20H,4,8-9,12-13,15-16H2,1-3H3,(H,27,32)/t20-/m1/s1. The van der Waals surface area contributed by atoms with Crippen molar-refractivity contribution in [2.45, 2.75) is 56.8 Å². The van der Waals surface area contributed by atoms with Gasteiger partial charge in [0.25, 0.3) is 0 Å². The topological polar surface area (TPSA) is 86.8 Å². The normalized spacial score (nSPS) is 14.0. The van der Waals surface area contributed by atoms with Crippen molar-refractivity contribution >= 4 is 34.0 Å². The second kappa shape index (κ2) is 11.2. The van der Waals surface area contributed by atoms with Crippen LogP contribution in [0.3, 0.4) is 0 Å². The van der Waals surface area contributed by atoms with Crippen molar-refractivity contribution in [2.75, 3.05) is 25.2 Å². The molecule has 0 saturated heterocycles. The van der Waals surface area contributed by atoms with Crippen LogP contribution in [-0.4, -0.2) is 45.4 Å². The van der Waals surface area contributed by atoms with E-state index in [-0.39, 0.29) is 17.7 Å². The number of carbonyl (C=O) groups excluding carboxylic acids is 1. The molecule has 2 heterocycles. The maximum absolute atomic E-state index is 12.8. The van der Waals surface area contributed by atoms with Gasteiger partial charge in [0.05, 0.1) is 23.9 Å². The van der Waals surface area contributed by atoms with Crippen molar-refractivity contribution in [3.05, 3.63) is 57.7 Å². The number of carbonyl (C=O) groups is 1. The fourth-order valence-corrected chi connectivity index (χ4v) is 6.41. The first-order valence-electron chi connectivity index (χ1n) is 11.6. The lowest BCUT2D eigenvalue weighted by Crippen LogP contribution is -2.23. The van der Waals surface area contributed by atoms with Crippen molar-refractivity contribution in [1.29, 1.82) is 5.26 Å². The van der Waals surface area contributed by atoms with E-state index in [2.05, 4.69) is 50.1 Å². The highest BCUT2D eigenvalue weighted by Gasteiger charge is 2.24. The van der Waals surface area contributed by atoms with Crippen LogP contribution in [0.2, 0.25) is 0 Å². The number of anilines is 1. The van der Waals surface area contributed by atoms with Crippen LogP contribution in [0.4, 0.5) is 5.00 Å². The molecule has 4 rings (SSSR count). The molecule has 0 aliphatic heterocycles. The number of thioether (sulfide) groups is 1. The van der Waals surface area contributed by atoms with Crippen LogP contribution in [0.1, 0.15) is 59.6 Å². The van der Waals surface area contributed by atoms with E-state index >= 15 is 0 Å². The van der Waals surface area contributed by atoms with Crippen LogP contribution in [0, 0.1) is 11.3 Å². The lowest BCUT2D eigenvalue weighted by Gasteiger charge is -2.23. The molecule has 0 saturated carbocycles. The third kappa shape index (κ3) is 5.35. The number of rotatable bonds is 9. The Bertz CT molecular complexity index is 1180. The van der Waals surface area contributed by atoms with Crippen LogP contribution in [0.5, 0.6) is 0 Å². The summed E-state index contributed by atoms with van der Waals surface area (Å²) >= 11 is 2.94. The molecular formula is C25H30N6OS2. The Kier molecular flexibility index (Phi) is 8.03. The molecule has 1 amide bonds. The minimum absolute atomic E-state index is 0.129. The average Bonchev–Trinajstić information content (AvgIpc) is 3.39. The minimum atomic E-state index is -0.129. The number of hydrogen-bond donors (Lipinski definition) is 1. The Morgan fingerprint density at radius 3 is 2.74 bits per heavy atom. The lowest BCUT2D eigenvalue weighted by molar-refractivity contribution is -0.113. The molecule has 1 atom stereocenters. The van der Waals surface area contributed by atoms with Gasteiger partial charge in [0.15, 0.2) is 11.0 Å². The molecule has 2 aromatic heterocycles. The number of nitriles is 1. The predicted molar refractivity (Wildman–Crippen MR) is 137 cm³/mol. The van der Waals surface area contributed by atoms with Crippen molar-refractivity contribution in [1.82, 2.24) is 19.7 Å². The summed E-state index contributed by atoms with van der Waals surface area (Å²) in [6, 6.07) is 12.7. The van der Waals surface area contributed by atoms with E-state index < -0.39 is 0 Å². The summed E-state index contributed by atoms with van der Waals surface area (Å²) in [5.74, 6) is 0.978. The molecule has 1 N–H and O–H groups in total. The summed E-state index contributed by atoms with van der Waals surface area (Å²) in [4.78, 5) is 16.2. The van der Waals surface area contributed by atoms with E-state index in [0.717, 1.165) is 54.2 Å². The first-order chi connectivity index (χ1) is 16.5. The van der Waals surface area contributed by atoms with Gasteiger partial charge in [-0.2, -0.15) is 5.26 Å². The first-order valence-corrected chi connectivity index (χ1v) is 13.4. The number of nitrogens with zero attached hydrogens (tertiary/aromatic N) is 5. The molecule has 3 aromatic rings. The molecule has 7 nitrogen and oxygen atoms in total. The summed E-state index contributed by atoms with van der Waals surface area (Å²) in [6.07, 6.45) is 5.08. The summed E-state index contributed by atoms with van der Waals surface area (Å²) in [6.45, 7) is 2.79. The quantitative estimate of drug-likeness (QED) is 0.427. The maximum atomic E-state index is 12.8. The van der Waals surface area contributed by atoms with Gasteiger partial charge in [-0.1, -0.05) is 49.0 Å². The molecule has 0 radical (unpaired) electrons. The van der Waals surface area contributed by atoms with Gasteiger partial charge in [-0.15, -0.1) is 21.5 Å². The highest BCUT2D eigenvalue weighted by molar-refractivity contribution is 7.99. The molecule has 0 spiro atoms. The van der Waals surface area contributed by atoms with Crippen LogP contribution >= 0.6 is 23.1 Å². The van der Waals surface area contributed by atoms with Gasteiger partial charge in [0.2, 0.25) is 5.91 Å². The van der Waals surface area contributed by atoms with Crippen LogP contribution in [-0.2, 0) is 24.2 Å². The monoisotopic (exact) mass is 494 g/mol. The molecule has 0 bridgehead atoms. The Morgan fingerprint density at radius 2 is 2.03 bits per heavy atom. The summed E-state index contributed by atoms with van der Waals surface area (Å²) in [7, 11) is 4.09. The Labute approximate surface area is 209 Å². The number of aromatic nitrogens is 3. The van der Waals surface area contributed by atoms with Gasteiger partial charge in [0, 0.05) is 4.88 Å². The number of aryl methyl sites for hydroxylation is 1. The lowest BCUT2D eigenvalue weighted by atomic mass is 9.96.